The molecule has 23 heavy (non-hydrogen) atoms. The molecule has 0 aliphatic carbocycles. The van der Waals surface area contributed by atoms with Gasteiger partial charge in [0, 0.05) is 17.9 Å². The lowest BCUT2D eigenvalue weighted by Crippen LogP contribution is -2.47. The highest BCUT2D eigenvalue weighted by atomic mass is 79.9. The van der Waals surface area contributed by atoms with Crippen molar-refractivity contribution in [1.82, 2.24) is 4.31 Å². The van der Waals surface area contributed by atoms with Gasteiger partial charge in [0.15, 0.2) is 0 Å². The highest BCUT2D eigenvalue weighted by Gasteiger charge is 2.35. The number of anilines is 1. The Bertz CT molecular complexity index is 773. The van der Waals surface area contributed by atoms with Crippen LogP contribution in [0.3, 0.4) is 0 Å². The van der Waals surface area contributed by atoms with E-state index in [1.807, 2.05) is 6.07 Å². The maximum Gasteiger partial charge on any atom is 0.244 e. The molecule has 0 unspecified atom stereocenters. The predicted octanol–water partition coefficient (Wildman–Crippen LogP) is 1.63. The van der Waals surface area contributed by atoms with E-state index in [0.717, 1.165) is 4.31 Å². The SMILES string of the molecule is CC(=O)Nc1cc(C)c(S(=O)(=O)N2CCOC[C@H]2C#N)cc1Br. The van der Waals surface area contributed by atoms with E-state index in [0.29, 0.717) is 15.7 Å². The van der Waals surface area contributed by atoms with Crippen LogP contribution in [0.15, 0.2) is 21.5 Å². The fourth-order valence-electron chi connectivity index (χ4n) is 2.33. The minimum atomic E-state index is -3.83. The van der Waals surface area contributed by atoms with E-state index < -0.39 is 16.1 Å². The number of benzene rings is 1. The zero-order valence-electron chi connectivity index (χ0n) is 12.7. The number of aryl methyl sites for hydroxylation is 1. The van der Waals surface area contributed by atoms with E-state index in [1.165, 1.54) is 13.0 Å². The van der Waals surface area contributed by atoms with Crippen molar-refractivity contribution in [1.29, 1.82) is 5.26 Å². The van der Waals surface area contributed by atoms with Gasteiger partial charge in [0.25, 0.3) is 0 Å². The van der Waals surface area contributed by atoms with Gasteiger partial charge < -0.3 is 10.1 Å². The van der Waals surface area contributed by atoms with Gasteiger partial charge in [-0.25, -0.2) is 8.42 Å². The number of carbonyl (C=O) groups excluding carboxylic acids is 1. The molecule has 0 bridgehead atoms. The quantitative estimate of drug-likeness (QED) is 0.829. The Balaban J connectivity index is 2.46. The molecule has 1 fully saturated rings. The molecule has 7 nitrogen and oxygen atoms in total. The summed E-state index contributed by atoms with van der Waals surface area (Å²) in [4.78, 5) is 11.3. The van der Waals surface area contributed by atoms with E-state index in [2.05, 4.69) is 21.2 Å². The van der Waals surface area contributed by atoms with Crippen LogP contribution in [0.5, 0.6) is 0 Å². The van der Waals surface area contributed by atoms with E-state index in [-0.39, 0.29) is 30.6 Å². The molecule has 1 aliphatic rings. The minimum absolute atomic E-state index is 0.0555. The van der Waals surface area contributed by atoms with Crippen LogP contribution in [0, 0.1) is 18.3 Å². The third kappa shape index (κ3) is 3.72. The first-order chi connectivity index (χ1) is 10.8. The van der Waals surface area contributed by atoms with Crippen molar-refractivity contribution in [3.05, 3.63) is 22.2 Å². The first kappa shape index (κ1) is 17.9. The Kier molecular flexibility index (Phi) is 5.41. The Morgan fingerprint density at radius 2 is 2.22 bits per heavy atom. The second-order valence-electron chi connectivity index (χ2n) is 5.11. The molecule has 0 aromatic heterocycles. The molecular weight excluding hydrogens is 386 g/mol. The molecule has 9 heteroatoms. The summed E-state index contributed by atoms with van der Waals surface area (Å²) >= 11 is 3.27. The molecule has 1 aromatic rings. The van der Waals surface area contributed by atoms with Crippen LogP contribution in [-0.2, 0) is 19.6 Å². The summed E-state index contributed by atoms with van der Waals surface area (Å²) in [6.45, 7) is 3.46. The molecule has 1 heterocycles. The Hall–Kier alpha value is -1.47. The summed E-state index contributed by atoms with van der Waals surface area (Å²) in [5.74, 6) is -0.251. The van der Waals surface area contributed by atoms with Crippen molar-refractivity contribution in [2.75, 3.05) is 25.1 Å². The summed E-state index contributed by atoms with van der Waals surface area (Å²) in [5.41, 5.74) is 0.980. The van der Waals surface area contributed by atoms with Crippen LogP contribution in [0.1, 0.15) is 12.5 Å². The minimum Gasteiger partial charge on any atom is -0.377 e. The largest absolute Gasteiger partial charge is 0.377 e. The third-order valence-corrected chi connectivity index (χ3v) is 6.10. The first-order valence-electron chi connectivity index (χ1n) is 6.84. The Morgan fingerprint density at radius 1 is 1.52 bits per heavy atom. The molecule has 1 aromatic carbocycles. The molecular formula is C14H16BrN3O4S. The fourth-order valence-corrected chi connectivity index (χ4v) is 4.67. The van der Waals surface area contributed by atoms with E-state index in [9.17, 15) is 13.2 Å². The average molecular weight is 402 g/mol. The summed E-state index contributed by atoms with van der Waals surface area (Å²) < 4.78 is 32.5. The van der Waals surface area contributed by atoms with Crippen LogP contribution in [0.2, 0.25) is 0 Å². The van der Waals surface area contributed by atoms with Crippen LogP contribution in [-0.4, -0.2) is 44.4 Å². The van der Waals surface area contributed by atoms with Crippen LogP contribution in [0.25, 0.3) is 0 Å². The number of sulfonamides is 1. The number of amides is 1. The maximum atomic E-state index is 12.9. The number of rotatable bonds is 3. The second-order valence-corrected chi connectivity index (χ2v) is 7.83. The number of halogens is 1. The molecule has 1 aliphatic heterocycles. The van der Waals surface area contributed by atoms with Crippen molar-refractivity contribution in [3.63, 3.8) is 0 Å². The molecule has 1 N–H and O–H groups in total. The fraction of sp³-hybridized carbons (Fsp3) is 0.429. The normalized spacial score (nSPS) is 19.1. The van der Waals surface area contributed by atoms with Gasteiger partial charge >= 0.3 is 0 Å². The monoisotopic (exact) mass is 401 g/mol. The molecule has 1 saturated heterocycles. The third-order valence-electron chi connectivity index (χ3n) is 3.39. The number of hydrogen-bond donors (Lipinski definition) is 1. The second kappa shape index (κ2) is 6.97. The van der Waals surface area contributed by atoms with E-state index in [4.69, 9.17) is 10.00 Å². The number of ether oxygens (including phenoxy) is 1. The van der Waals surface area contributed by atoms with Gasteiger partial charge in [0.1, 0.15) is 6.04 Å². The highest BCUT2D eigenvalue weighted by Crippen LogP contribution is 2.31. The van der Waals surface area contributed by atoms with Gasteiger partial charge in [0.05, 0.1) is 29.9 Å². The number of nitrogens with zero attached hydrogens (tertiary/aromatic N) is 2. The van der Waals surface area contributed by atoms with Gasteiger partial charge in [-0.15, -0.1) is 0 Å². The molecule has 0 saturated carbocycles. The summed E-state index contributed by atoms with van der Waals surface area (Å²) in [5, 5.41) is 11.8. The summed E-state index contributed by atoms with van der Waals surface area (Å²) in [7, 11) is -3.83. The number of nitrogens with one attached hydrogen (secondary N) is 1. The number of morpholine rings is 1. The van der Waals surface area contributed by atoms with Gasteiger partial charge in [-0.1, -0.05) is 0 Å². The van der Waals surface area contributed by atoms with E-state index in [1.54, 1.807) is 13.0 Å². The highest BCUT2D eigenvalue weighted by molar-refractivity contribution is 9.10. The lowest BCUT2D eigenvalue weighted by atomic mass is 10.2. The molecule has 1 atom stereocenters. The number of nitriles is 1. The van der Waals surface area contributed by atoms with Crippen LogP contribution in [0.4, 0.5) is 5.69 Å². The Morgan fingerprint density at radius 3 is 2.83 bits per heavy atom. The number of carbonyl (C=O) groups is 1. The first-order valence-corrected chi connectivity index (χ1v) is 9.07. The zero-order valence-corrected chi connectivity index (χ0v) is 15.1. The lowest BCUT2D eigenvalue weighted by molar-refractivity contribution is -0.114. The summed E-state index contributed by atoms with van der Waals surface area (Å²) in [6.07, 6.45) is 0. The average Bonchev–Trinajstić information content (AvgIpc) is 2.49. The van der Waals surface area contributed by atoms with Gasteiger partial charge in [-0.2, -0.15) is 9.57 Å². The lowest BCUT2D eigenvalue weighted by Gasteiger charge is -2.31. The molecule has 1 amide bonds. The molecule has 2 rings (SSSR count). The van der Waals surface area contributed by atoms with Crippen LogP contribution >= 0.6 is 15.9 Å². The van der Waals surface area contributed by atoms with Crippen molar-refractivity contribution >= 4 is 37.5 Å². The van der Waals surface area contributed by atoms with Crippen molar-refractivity contribution in [2.24, 2.45) is 0 Å². The van der Waals surface area contributed by atoms with Crippen molar-refractivity contribution in [2.45, 2.75) is 24.8 Å². The van der Waals surface area contributed by atoms with Crippen molar-refractivity contribution in [3.8, 4) is 6.07 Å². The van der Waals surface area contributed by atoms with Crippen LogP contribution < -0.4 is 5.32 Å². The summed E-state index contributed by atoms with van der Waals surface area (Å²) in [6, 6.07) is 4.14. The van der Waals surface area contributed by atoms with Gasteiger partial charge in [-0.3, -0.25) is 4.79 Å². The Labute approximate surface area is 143 Å². The predicted molar refractivity (Wildman–Crippen MR) is 87.3 cm³/mol. The van der Waals surface area contributed by atoms with Gasteiger partial charge in [-0.05, 0) is 40.5 Å². The molecule has 124 valence electrons. The topological polar surface area (TPSA) is 99.5 Å². The van der Waals surface area contributed by atoms with E-state index >= 15 is 0 Å². The molecule has 0 spiro atoms. The smallest absolute Gasteiger partial charge is 0.244 e. The van der Waals surface area contributed by atoms with Gasteiger partial charge in [0.2, 0.25) is 15.9 Å². The molecule has 0 radical (unpaired) electrons. The number of hydrogen-bond acceptors (Lipinski definition) is 5. The zero-order chi connectivity index (χ0) is 17.2. The van der Waals surface area contributed by atoms with Crippen molar-refractivity contribution < 1.29 is 17.9 Å². The maximum absolute atomic E-state index is 12.9. The standard InChI is InChI=1S/C14H16BrN3O4S/c1-9-5-13(17-10(2)19)12(15)6-14(9)23(20,21)18-3-4-22-8-11(18)7-16/h5-6,11H,3-4,8H2,1-2H3,(H,17,19)/t11-/m1/s1.